The third-order valence-corrected chi connectivity index (χ3v) is 5.60. The Kier molecular flexibility index (Phi) is 4.85. The molecule has 8 nitrogen and oxygen atoms in total. The minimum Gasteiger partial charge on any atom is -0.340 e. The molecule has 0 aliphatic carbocycles. The molecule has 160 valence electrons. The fourth-order valence-electron chi connectivity index (χ4n) is 4.01. The highest BCUT2D eigenvalue weighted by Crippen LogP contribution is 2.33. The van der Waals surface area contributed by atoms with Crippen molar-refractivity contribution in [2.75, 3.05) is 5.32 Å². The predicted octanol–water partition coefficient (Wildman–Crippen LogP) is 2.79. The molecule has 1 atom stereocenters. The zero-order chi connectivity index (χ0) is 22.2. The van der Waals surface area contributed by atoms with Gasteiger partial charge in [0.2, 0.25) is 11.8 Å². The second kappa shape index (κ2) is 7.84. The van der Waals surface area contributed by atoms with Gasteiger partial charge in [0.1, 0.15) is 17.7 Å². The van der Waals surface area contributed by atoms with Gasteiger partial charge in [-0.15, -0.1) is 0 Å². The number of piperidine rings is 1. The van der Waals surface area contributed by atoms with E-state index in [2.05, 4.69) is 20.6 Å². The number of rotatable bonds is 4. The van der Waals surface area contributed by atoms with Crippen molar-refractivity contribution in [2.24, 2.45) is 0 Å². The van der Waals surface area contributed by atoms with Gasteiger partial charge in [0.15, 0.2) is 5.82 Å². The zero-order valence-electron chi connectivity index (χ0n) is 16.8. The smallest absolute Gasteiger partial charge is 0.255 e. The molecule has 5 rings (SSSR count). The van der Waals surface area contributed by atoms with E-state index in [9.17, 15) is 18.8 Å². The summed E-state index contributed by atoms with van der Waals surface area (Å²) in [5, 5.41) is 5.53. The Balaban J connectivity index is 1.41. The quantitative estimate of drug-likeness (QED) is 0.616. The first-order valence-corrected chi connectivity index (χ1v) is 10.1. The van der Waals surface area contributed by atoms with Crippen LogP contribution in [-0.2, 0) is 16.1 Å². The lowest BCUT2D eigenvalue weighted by molar-refractivity contribution is -0.136. The molecule has 2 aromatic carbocycles. The van der Waals surface area contributed by atoms with Crippen molar-refractivity contribution in [3.8, 4) is 11.4 Å². The molecular formula is C23H18FN5O3. The number of aromatic nitrogens is 2. The van der Waals surface area contributed by atoms with Crippen molar-refractivity contribution < 1.29 is 18.8 Å². The summed E-state index contributed by atoms with van der Waals surface area (Å²) in [6.45, 7) is 0.250. The Labute approximate surface area is 182 Å². The molecule has 2 N–H and O–H groups in total. The fourth-order valence-corrected chi connectivity index (χ4v) is 4.01. The molecule has 1 unspecified atom stereocenters. The van der Waals surface area contributed by atoms with E-state index in [1.54, 1.807) is 36.5 Å². The molecule has 0 saturated carbocycles. The standard InChI is InChI=1S/C23H18FN5O3/c24-14-6-4-13(5-7-14)21-25-11-10-19(27-21)26-17-3-1-2-15-16(17)12-29(23(15)32)18-8-9-20(30)28-22(18)31/h1-7,10-11,18H,8-9,12H2,(H,25,26,27)(H,28,30,31). The SMILES string of the molecule is O=C1CCC(N2Cc3c(Nc4ccnc(-c5ccc(F)cc5)n4)cccc3C2=O)C(=O)N1. The summed E-state index contributed by atoms with van der Waals surface area (Å²) in [6, 6.07) is 12.2. The first-order chi connectivity index (χ1) is 15.5. The number of imide groups is 1. The molecule has 1 fully saturated rings. The number of anilines is 2. The van der Waals surface area contributed by atoms with Gasteiger partial charge in [-0.25, -0.2) is 14.4 Å². The molecule has 1 aromatic heterocycles. The zero-order valence-corrected chi connectivity index (χ0v) is 16.8. The fraction of sp³-hybridized carbons (Fsp3) is 0.174. The lowest BCUT2D eigenvalue weighted by Gasteiger charge is -2.29. The van der Waals surface area contributed by atoms with Crippen LogP contribution in [0.2, 0.25) is 0 Å². The monoisotopic (exact) mass is 431 g/mol. The molecule has 2 aliphatic rings. The van der Waals surface area contributed by atoms with Crippen LogP contribution in [-0.4, -0.2) is 38.6 Å². The normalized spacial score (nSPS) is 17.8. The first-order valence-electron chi connectivity index (χ1n) is 10.1. The number of hydrogen-bond donors (Lipinski definition) is 2. The molecule has 0 spiro atoms. The summed E-state index contributed by atoms with van der Waals surface area (Å²) in [5.41, 5.74) is 2.62. The highest BCUT2D eigenvalue weighted by molar-refractivity contribution is 6.06. The predicted molar refractivity (Wildman–Crippen MR) is 113 cm³/mol. The number of nitrogens with one attached hydrogen (secondary N) is 2. The average molecular weight is 431 g/mol. The molecule has 32 heavy (non-hydrogen) atoms. The molecule has 9 heteroatoms. The van der Waals surface area contributed by atoms with Crippen molar-refractivity contribution >= 4 is 29.2 Å². The molecule has 1 saturated heterocycles. The van der Waals surface area contributed by atoms with Crippen molar-refractivity contribution in [2.45, 2.75) is 25.4 Å². The maximum absolute atomic E-state index is 13.2. The maximum Gasteiger partial charge on any atom is 0.255 e. The molecule has 3 heterocycles. The van der Waals surface area contributed by atoms with E-state index < -0.39 is 11.9 Å². The number of nitrogens with zero attached hydrogens (tertiary/aromatic N) is 3. The lowest BCUT2D eigenvalue weighted by Crippen LogP contribution is -2.52. The van der Waals surface area contributed by atoms with Crippen LogP contribution in [0.1, 0.15) is 28.8 Å². The highest BCUT2D eigenvalue weighted by atomic mass is 19.1. The third kappa shape index (κ3) is 3.58. The lowest BCUT2D eigenvalue weighted by atomic mass is 10.0. The van der Waals surface area contributed by atoms with Crippen molar-refractivity contribution in [3.63, 3.8) is 0 Å². The van der Waals surface area contributed by atoms with E-state index in [1.165, 1.54) is 17.0 Å². The maximum atomic E-state index is 13.2. The molecule has 0 radical (unpaired) electrons. The minimum atomic E-state index is -0.676. The van der Waals surface area contributed by atoms with E-state index in [0.29, 0.717) is 34.9 Å². The number of halogens is 1. The van der Waals surface area contributed by atoms with Gasteiger partial charge in [0, 0.05) is 41.5 Å². The first kappa shape index (κ1) is 19.8. The largest absolute Gasteiger partial charge is 0.340 e. The number of carbonyl (C=O) groups excluding carboxylic acids is 3. The van der Waals surface area contributed by atoms with Crippen molar-refractivity contribution in [1.82, 2.24) is 20.2 Å². The van der Waals surface area contributed by atoms with Crippen LogP contribution in [0.15, 0.2) is 54.7 Å². The topological polar surface area (TPSA) is 104 Å². The van der Waals surface area contributed by atoms with E-state index >= 15 is 0 Å². The Bertz CT molecular complexity index is 1240. The Hall–Kier alpha value is -4.14. The Morgan fingerprint density at radius 1 is 1.06 bits per heavy atom. The van der Waals surface area contributed by atoms with Crippen LogP contribution in [0.4, 0.5) is 15.9 Å². The van der Waals surface area contributed by atoms with Crippen LogP contribution in [0.3, 0.4) is 0 Å². The van der Waals surface area contributed by atoms with Crippen LogP contribution in [0, 0.1) is 5.82 Å². The Morgan fingerprint density at radius 3 is 2.66 bits per heavy atom. The average Bonchev–Trinajstić information content (AvgIpc) is 3.12. The highest BCUT2D eigenvalue weighted by Gasteiger charge is 2.39. The molecular weight excluding hydrogens is 413 g/mol. The van der Waals surface area contributed by atoms with Gasteiger partial charge in [0.05, 0.1) is 0 Å². The van der Waals surface area contributed by atoms with E-state index in [4.69, 9.17) is 0 Å². The van der Waals surface area contributed by atoms with Gasteiger partial charge in [0.25, 0.3) is 5.91 Å². The van der Waals surface area contributed by atoms with Crippen LogP contribution < -0.4 is 10.6 Å². The van der Waals surface area contributed by atoms with E-state index in [-0.39, 0.29) is 30.6 Å². The summed E-state index contributed by atoms with van der Waals surface area (Å²) in [5.74, 6) is -0.403. The van der Waals surface area contributed by atoms with Crippen LogP contribution in [0.25, 0.3) is 11.4 Å². The number of carbonyl (C=O) groups is 3. The summed E-state index contributed by atoms with van der Waals surface area (Å²) in [6.07, 6.45) is 2.10. The van der Waals surface area contributed by atoms with E-state index in [0.717, 1.165) is 5.56 Å². The second-order valence-corrected chi connectivity index (χ2v) is 7.63. The van der Waals surface area contributed by atoms with Gasteiger partial charge in [-0.1, -0.05) is 6.07 Å². The summed E-state index contributed by atoms with van der Waals surface area (Å²) >= 11 is 0. The van der Waals surface area contributed by atoms with Gasteiger partial charge in [-0.05, 0) is 48.9 Å². The number of benzene rings is 2. The van der Waals surface area contributed by atoms with Gasteiger partial charge >= 0.3 is 0 Å². The number of hydrogen-bond acceptors (Lipinski definition) is 6. The van der Waals surface area contributed by atoms with Gasteiger partial charge < -0.3 is 10.2 Å². The molecule has 3 aromatic rings. The number of fused-ring (bicyclic) bond motifs is 1. The van der Waals surface area contributed by atoms with Crippen LogP contribution in [0.5, 0.6) is 0 Å². The van der Waals surface area contributed by atoms with Gasteiger partial charge in [-0.2, -0.15) is 0 Å². The Morgan fingerprint density at radius 2 is 1.88 bits per heavy atom. The van der Waals surface area contributed by atoms with Crippen molar-refractivity contribution in [1.29, 1.82) is 0 Å². The van der Waals surface area contributed by atoms with E-state index in [1.807, 2.05) is 6.07 Å². The molecule has 0 bridgehead atoms. The van der Waals surface area contributed by atoms with Crippen LogP contribution >= 0.6 is 0 Å². The third-order valence-electron chi connectivity index (χ3n) is 5.60. The number of amides is 3. The summed E-state index contributed by atoms with van der Waals surface area (Å²) in [4.78, 5) is 47.0. The minimum absolute atomic E-state index is 0.203. The summed E-state index contributed by atoms with van der Waals surface area (Å²) in [7, 11) is 0. The van der Waals surface area contributed by atoms with Gasteiger partial charge in [-0.3, -0.25) is 19.7 Å². The second-order valence-electron chi connectivity index (χ2n) is 7.63. The summed E-state index contributed by atoms with van der Waals surface area (Å²) < 4.78 is 13.2. The molecule has 3 amide bonds. The van der Waals surface area contributed by atoms with Crippen molar-refractivity contribution in [3.05, 3.63) is 71.7 Å². The molecule has 2 aliphatic heterocycles.